The van der Waals surface area contributed by atoms with E-state index >= 15 is 0 Å². The number of aromatic nitrogens is 1. The Kier molecular flexibility index (Phi) is 3.70. The van der Waals surface area contributed by atoms with Crippen molar-refractivity contribution in [1.29, 1.82) is 0 Å². The maximum Gasteiger partial charge on any atom is 0.400 e. The van der Waals surface area contributed by atoms with Crippen LogP contribution in [-0.2, 0) is 0 Å². The molecule has 0 atom stereocenters. The van der Waals surface area contributed by atoms with Crippen LogP contribution in [0.5, 0.6) is 11.8 Å². The molecule has 2 rings (SSSR count). The second-order valence-corrected chi connectivity index (χ2v) is 4.65. The van der Waals surface area contributed by atoms with Crippen LogP contribution >= 0.6 is 15.9 Å². The number of rotatable bonds is 4. The summed E-state index contributed by atoms with van der Waals surface area (Å²) in [7, 11) is 0. The molecule has 0 aliphatic heterocycles. The molecule has 104 valence electrons. The van der Waals surface area contributed by atoms with Crippen molar-refractivity contribution in [2.24, 2.45) is 0 Å². The molecular formula is C11H7BrN2O6. The Morgan fingerprint density at radius 3 is 2.80 bits per heavy atom. The zero-order chi connectivity index (χ0) is 14.9. The van der Waals surface area contributed by atoms with Gasteiger partial charge in [-0.25, -0.2) is 4.79 Å². The molecule has 0 unspecified atom stereocenters. The number of benzene rings is 1. The fraction of sp³-hybridized carbons (Fsp3) is 0.0909. The van der Waals surface area contributed by atoms with E-state index in [1.165, 1.54) is 6.07 Å². The lowest BCUT2D eigenvalue weighted by molar-refractivity contribution is -0.385. The quantitative estimate of drug-likeness (QED) is 0.669. The van der Waals surface area contributed by atoms with Crippen LogP contribution in [0.2, 0.25) is 0 Å². The van der Waals surface area contributed by atoms with Gasteiger partial charge in [-0.15, -0.1) is 0 Å². The smallest absolute Gasteiger partial charge is 0.400 e. The summed E-state index contributed by atoms with van der Waals surface area (Å²) >= 11 is 3.15. The number of carboxylic acids is 1. The summed E-state index contributed by atoms with van der Waals surface area (Å²) < 4.78 is 10.5. The molecule has 0 aliphatic rings. The second-order valence-electron chi connectivity index (χ2n) is 3.73. The number of carbonyl (C=O) groups is 1. The van der Waals surface area contributed by atoms with Gasteiger partial charge in [0.2, 0.25) is 5.75 Å². The van der Waals surface area contributed by atoms with E-state index in [0.717, 1.165) is 6.26 Å². The molecule has 0 amide bonds. The van der Waals surface area contributed by atoms with Crippen molar-refractivity contribution in [1.82, 2.24) is 4.98 Å². The lowest BCUT2D eigenvalue weighted by Gasteiger charge is -2.06. The molecule has 0 fully saturated rings. The van der Waals surface area contributed by atoms with E-state index in [0.29, 0.717) is 10.0 Å². The number of halogens is 1. The van der Waals surface area contributed by atoms with E-state index in [2.05, 4.69) is 20.9 Å². The zero-order valence-corrected chi connectivity index (χ0v) is 11.6. The Balaban J connectivity index is 2.41. The second kappa shape index (κ2) is 5.29. The number of aromatic carboxylic acids is 1. The van der Waals surface area contributed by atoms with Crippen molar-refractivity contribution in [2.45, 2.75) is 6.92 Å². The monoisotopic (exact) mass is 342 g/mol. The summed E-state index contributed by atoms with van der Waals surface area (Å²) in [6.45, 7) is 1.61. The van der Waals surface area contributed by atoms with Gasteiger partial charge in [0, 0.05) is 16.1 Å². The number of carboxylic acid groups (broad SMARTS) is 1. The fourth-order valence-corrected chi connectivity index (χ4v) is 2.03. The third-order valence-electron chi connectivity index (χ3n) is 2.31. The van der Waals surface area contributed by atoms with Crippen LogP contribution < -0.4 is 4.74 Å². The summed E-state index contributed by atoms with van der Waals surface area (Å²) in [4.78, 5) is 24.6. The Hall–Kier alpha value is -2.42. The minimum atomic E-state index is -1.29. The van der Waals surface area contributed by atoms with Gasteiger partial charge >= 0.3 is 17.7 Å². The maximum absolute atomic E-state index is 11.0. The van der Waals surface area contributed by atoms with E-state index in [-0.39, 0.29) is 23.2 Å². The first-order valence-electron chi connectivity index (χ1n) is 5.19. The summed E-state index contributed by atoms with van der Waals surface area (Å²) in [6, 6.07) is 2.88. The molecule has 0 aliphatic carbocycles. The van der Waals surface area contributed by atoms with Crippen LogP contribution in [0.1, 0.15) is 16.1 Å². The van der Waals surface area contributed by atoms with Crippen molar-refractivity contribution < 1.29 is 24.0 Å². The normalized spacial score (nSPS) is 10.3. The third-order valence-corrected chi connectivity index (χ3v) is 2.77. The van der Waals surface area contributed by atoms with Gasteiger partial charge in [0.1, 0.15) is 6.26 Å². The number of ether oxygens (including phenoxy) is 1. The summed E-state index contributed by atoms with van der Waals surface area (Å²) in [6.07, 6.45) is 0.508. The number of oxazole rings is 1. The molecular weight excluding hydrogens is 336 g/mol. The molecule has 0 saturated carbocycles. The molecule has 20 heavy (non-hydrogen) atoms. The average Bonchev–Trinajstić information content (AvgIpc) is 2.80. The van der Waals surface area contributed by atoms with Crippen molar-refractivity contribution in [3.63, 3.8) is 0 Å². The fourth-order valence-electron chi connectivity index (χ4n) is 1.47. The maximum atomic E-state index is 11.0. The highest BCUT2D eigenvalue weighted by Gasteiger charge is 2.22. The SMILES string of the molecule is Cc1cc(Br)cc([N+](=O)[O-])c1Oc1nc(C(=O)O)co1. The predicted molar refractivity (Wildman–Crippen MR) is 69.1 cm³/mol. The number of aryl methyl sites for hydroxylation is 1. The first-order chi connectivity index (χ1) is 9.38. The molecule has 0 saturated heterocycles. The highest BCUT2D eigenvalue weighted by Crippen LogP contribution is 2.36. The molecule has 1 aromatic heterocycles. The summed E-state index contributed by atoms with van der Waals surface area (Å²) in [5, 5.41) is 19.7. The number of nitro groups is 1. The van der Waals surface area contributed by atoms with Crippen molar-refractivity contribution in [3.05, 3.63) is 44.2 Å². The molecule has 1 heterocycles. The van der Waals surface area contributed by atoms with Crippen molar-refractivity contribution in [3.8, 4) is 11.8 Å². The molecule has 1 N–H and O–H groups in total. The van der Waals surface area contributed by atoms with E-state index in [1.54, 1.807) is 13.0 Å². The van der Waals surface area contributed by atoms with Crippen molar-refractivity contribution >= 4 is 27.6 Å². The van der Waals surface area contributed by atoms with Gasteiger partial charge in [-0.1, -0.05) is 15.9 Å². The van der Waals surface area contributed by atoms with E-state index in [1.807, 2.05) is 0 Å². The minimum Gasteiger partial charge on any atom is -0.476 e. The largest absolute Gasteiger partial charge is 0.476 e. The number of nitro benzene ring substituents is 1. The molecule has 0 spiro atoms. The molecule has 0 bridgehead atoms. The molecule has 1 aromatic carbocycles. The van der Waals surface area contributed by atoms with Crippen LogP contribution in [0.3, 0.4) is 0 Å². The Morgan fingerprint density at radius 2 is 2.25 bits per heavy atom. The van der Waals surface area contributed by atoms with Crippen molar-refractivity contribution in [2.75, 3.05) is 0 Å². The van der Waals surface area contributed by atoms with Gasteiger partial charge in [0.25, 0.3) is 0 Å². The highest BCUT2D eigenvalue weighted by atomic mass is 79.9. The molecule has 0 radical (unpaired) electrons. The van der Waals surface area contributed by atoms with Crippen LogP contribution in [0.4, 0.5) is 5.69 Å². The standard InChI is InChI=1S/C11H7BrN2O6/c1-5-2-6(12)3-8(14(17)18)9(5)20-11-13-7(4-19-11)10(15)16/h2-4H,1H3,(H,15,16). The lowest BCUT2D eigenvalue weighted by Crippen LogP contribution is -1.98. The van der Waals surface area contributed by atoms with Crippen LogP contribution in [0.25, 0.3) is 0 Å². The first-order valence-corrected chi connectivity index (χ1v) is 5.99. The lowest BCUT2D eigenvalue weighted by atomic mass is 10.2. The first kappa shape index (κ1) is 14.0. The molecule has 9 heteroatoms. The summed E-state index contributed by atoms with van der Waals surface area (Å²) in [5.41, 5.74) is -0.162. The third kappa shape index (κ3) is 2.77. The van der Waals surface area contributed by atoms with E-state index < -0.39 is 10.9 Å². The van der Waals surface area contributed by atoms with Gasteiger partial charge in [0.05, 0.1) is 4.92 Å². The van der Waals surface area contributed by atoms with E-state index in [4.69, 9.17) is 14.3 Å². The van der Waals surface area contributed by atoms with Crippen LogP contribution in [0, 0.1) is 17.0 Å². The predicted octanol–water partition coefficient (Wildman–Crippen LogP) is 3.14. The number of nitrogens with zero attached hydrogens (tertiary/aromatic N) is 2. The highest BCUT2D eigenvalue weighted by molar-refractivity contribution is 9.10. The topological polar surface area (TPSA) is 116 Å². The Morgan fingerprint density at radius 1 is 1.55 bits per heavy atom. The van der Waals surface area contributed by atoms with Gasteiger partial charge < -0.3 is 14.3 Å². The summed E-state index contributed by atoms with van der Waals surface area (Å²) in [5.74, 6) is -1.34. The van der Waals surface area contributed by atoms with Gasteiger partial charge in [0.15, 0.2) is 5.69 Å². The van der Waals surface area contributed by atoms with Gasteiger partial charge in [-0.3, -0.25) is 10.1 Å². The van der Waals surface area contributed by atoms with Crippen LogP contribution in [-0.4, -0.2) is 21.0 Å². The van der Waals surface area contributed by atoms with E-state index in [9.17, 15) is 14.9 Å². The number of hydrogen-bond donors (Lipinski definition) is 1. The van der Waals surface area contributed by atoms with Crippen LogP contribution in [0.15, 0.2) is 27.3 Å². The molecule has 8 nitrogen and oxygen atoms in total. The Labute approximate surface area is 120 Å². The Bertz CT molecular complexity index is 696. The van der Waals surface area contributed by atoms with Gasteiger partial charge in [-0.05, 0) is 13.0 Å². The van der Waals surface area contributed by atoms with Gasteiger partial charge in [-0.2, -0.15) is 4.98 Å². The minimum absolute atomic E-state index is 0.0583. The number of hydrogen-bond acceptors (Lipinski definition) is 6. The molecule has 2 aromatic rings. The average molecular weight is 343 g/mol. The zero-order valence-electron chi connectivity index (χ0n) is 9.99.